The van der Waals surface area contributed by atoms with Gasteiger partial charge >= 0.3 is 11.7 Å². The molecule has 0 saturated heterocycles. The van der Waals surface area contributed by atoms with Gasteiger partial charge < -0.3 is 0 Å². The Morgan fingerprint density at radius 1 is 1.50 bits per heavy atom. The van der Waals surface area contributed by atoms with Gasteiger partial charge in [-0.15, -0.1) is 0 Å². The van der Waals surface area contributed by atoms with Gasteiger partial charge in [-0.25, -0.2) is 0 Å². The zero-order valence-corrected chi connectivity index (χ0v) is 6.52. The molecule has 2 heteroatoms. The second-order valence-corrected chi connectivity index (χ2v) is 2.97. The number of hydrogen-bond acceptors (Lipinski definition) is 1. The van der Waals surface area contributed by atoms with Crippen LogP contribution in [0.3, 0.4) is 0 Å². The van der Waals surface area contributed by atoms with Crippen LogP contribution in [0.2, 0.25) is 0 Å². The van der Waals surface area contributed by atoms with Gasteiger partial charge in [0, 0.05) is 16.7 Å². The molecule has 10 heavy (non-hydrogen) atoms. The number of hydrogen-bond donors (Lipinski definition) is 0. The first-order valence-electron chi connectivity index (χ1n) is 3.09. The molecule has 1 aromatic rings. The zero-order chi connectivity index (χ0) is 7.40. The van der Waals surface area contributed by atoms with Gasteiger partial charge in [-0.2, -0.15) is 0 Å². The fourth-order valence-electron chi connectivity index (χ4n) is 0.726. The van der Waals surface area contributed by atoms with Crippen LogP contribution in [0, 0.1) is 6.07 Å². The van der Waals surface area contributed by atoms with Crippen molar-refractivity contribution in [2.24, 2.45) is 0 Å². The Labute approximate surface area is 64.6 Å². The molecule has 0 amide bonds. The van der Waals surface area contributed by atoms with E-state index in [1.54, 1.807) is 0 Å². The van der Waals surface area contributed by atoms with E-state index >= 15 is 0 Å². The largest absolute Gasteiger partial charge is 0.466 e. The van der Waals surface area contributed by atoms with Crippen LogP contribution in [-0.2, 0) is 15.9 Å². The Kier molecular flexibility index (Phi) is 2.51. The summed E-state index contributed by atoms with van der Waals surface area (Å²) >= 11 is 0.614. The van der Waals surface area contributed by atoms with Gasteiger partial charge in [-0.1, -0.05) is 24.3 Å². The van der Waals surface area contributed by atoms with E-state index in [0.717, 1.165) is 5.56 Å². The average molecular weight is 152 g/mol. The van der Waals surface area contributed by atoms with E-state index in [9.17, 15) is 4.21 Å². The monoisotopic (exact) mass is 152 g/mol. The fraction of sp³-hybridized carbons (Fsp3) is 0.250. The molecule has 1 aromatic carbocycles. The van der Waals surface area contributed by atoms with Gasteiger partial charge in [-0.3, -0.25) is 0 Å². The van der Waals surface area contributed by atoms with E-state index in [-0.39, 0.29) is 5.25 Å². The van der Waals surface area contributed by atoms with E-state index in [1.807, 2.05) is 31.2 Å². The smallest absolute Gasteiger partial charge is 0.0539 e. The van der Waals surface area contributed by atoms with Crippen molar-refractivity contribution >= 4 is 11.7 Å². The van der Waals surface area contributed by atoms with Crippen LogP contribution in [0.15, 0.2) is 24.3 Å². The summed E-state index contributed by atoms with van der Waals surface area (Å²) < 4.78 is 10.3. The van der Waals surface area contributed by atoms with Crippen molar-refractivity contribution in [1.29, 1.82) is 0 Å². The maximum atomic E-state index is 10.3. The van der Waals surface area contributed by atoms with Crippen LogP contribution < -0.4 is 0 Å². The van der Waals surface area contributed by atoms with Gasteiger partial charge in [0.05, 0.1) is 0 Å². The Morgan fingerprint density at radius 2 is 2.10 bits per heavy atom. The molecule has 0 heterocycles. The first-order chi connectivity index (χ1) is 4.84. The first kappa shape index (κ1) is 7.35. The van der Waals surface area contributed by atoms with Crippen LogP contribution >= 0.6 is 0 Å². The molecule has 51 valence electrons. The van der Waals surface area contributed by atoms with E-state index in [1.165, 1.54) is 0 Å². The third-order valence-corrected chi connectivity index (χ3v) is 1.92. The van der Waals surface area contributed by atoms with Crippen LogP contribution in [-0.4, -0.2) is 0 Å². The fourth-order valence-corrected chi connectivity index (χ4v) is 0.995. The van der Waals surface area contributed by atoms with Crippen molar-refractivity contribution in [2.75, 3.05) is 0 Å². The summed E-state index contributed by atoms with van der Waals surface area (Å²) in [4.78, 5) is 0. The molecule has 0 N–H and O–H groups in total. The predicted molar refractivity (Wildman–Crippen MR) is 41.7 cm³/mol. The molecule has 0 aliphatic rings. The molecule has 1 unspecified atom stereocenters. The van der Waals surface area contributed by atoms with Crippen LogP contribution in [0.1, 0.15) is 17.7 Å². The van der Waals surface area contributed by atoms with Gasteiger partial charge in [-0.05, 0) is 6.07 Å². The molecular weight excluding hydrogens is 144 g/mol. The summed E-state index contributed by atoms with van der Waals surface area (Å²) in [7, 11) is 0. The highest BCUT2D eigenvalue weighted by Crippen LogP contribution is 2.12. The average Bonchev–Trinajstić information content (AvgIpc) is 2.05. The highest BCUT2D eigenvalue weighted by molar-refractivity contribution is 7.65. The molecule has 1 atom stereocenters. The summed E-state index contributed by atoms with van der Waals surface area (Å²) in [6, 6.07) is 10.4. The normalized spacial score (nSPS) is 12.5. The Morgan fingerprint density at radius 3 is 2.60 bits per heavy atom. The van der Waals surface area contributed by atoms with Crippen LogP contribution in [0.25, 0.3) is 0 Å². The summed E-state index contributed by atoms with van der Waals surface area (Å²) in [6.07, 6.45) is 0. The molecule has 0 aliphatic carbocycles. The third kappa shape index (κ3) is 1.61. The number of benzene rings is 1. The minimum Gasteiger partial charge on any atom is -0.0539 e. The summed E-state index contributed by atoms with van der Waals surface area (Å²) in [6.45, 7) is 1.90. The zero-order valence-electron chi connectivity index (χ0n) is 5.70. The standard InChI is InChI=1S/C8H8OS/c1-7(10-9)8-5-3-2-4-6-8/h3-7H,1H3/q+1. The van der Waals surface area contributed by atoms with E-state index in [4.69, 9.17) is 0 Å². The van der Waals surface area contributed by atoms with Crippen molar-refractivity contribution in [3.63, 3.8) is 0 Å². The van der Waals surface area contributed by atoms with E-state index in [0.29, 0.717) is 11.7 Å². The minimum atomic E-state index is 0.0506. The molecular formula is C8H8OS+. The van der Waals surface area contributed by atoms with Crippen molar-refractivity contribution in [3.05, 3.63) is 35.9 Å². The van der Waals surface area contributed by atoms with Gasteiger partial charge in [0.25, 0.3) is 5.25 Å². The quantitative estimate of drug-likeness (QED) is 0.592. The molecule has 0 saturated carbocycles. The number of rotatable bonds is 2. The van der Waals surface area contributed by atoms with Crippen molar-refractivity contribution < 1.29 is 4.21 Å². The second-order valence-electron chi connectivity index (χ2n) is 2.07. The highest BCUT2D eigenvalue weighted by Gasteiger charge is 2.15. The topological polar surface area (TPSA) is 17.1 Å². The Bertz CT molecular complexity index is 208. The predicted octanol–water partition coefficient (Wildman–Crippen LogP) is 1.98. The third-order valence-electron chi connectivity index (χ3n) is 1.36. The molecule has 1 nitrogen and oxygen atoms in total. The van der Waals surface area contributed by atoms with Crippen molar-refractivity contribution in [2.45, 2.75) is 12.2 Å². The first-order valence-corrected chi connectivity index (χ1v) is 3.89. The lowest BCUT2D eigenvalue weighted by atomic mass is 10.2. The molecule has 0 spiro atoms. The SMILES string of the molecule is CC([S+]=O)c1cc[c]cc1. The van der Waals surface area contributed by atoms with E-state index in [2.05, 4.69) is 6.07 Å². The van der Waals surface area contributed by atoms with Gasteiger partial charge in [0.15, 0.2) is 0 Å². The maximum absolute atomic E-state index is 10.3. The van der Waals surface area contributed by atoms with Crippen molar-refractivity contribution in [1.82, 2.24) is 0 Å². The highest BCUT2D eigenvalue weighted by atomic mass is 32.1. The summed E-state index contributed by atoms with van der Waals surface area (Å²) in [5.74, 6) is 0. The maximum Gasteiger partial charge on any atom is 0.466 e. The molecule has 0 aromatic heterocycles. The van der Waals surface area contributed by atoms with Crippen LogP contribution in [0.4, 0.5) is 0 Å². The van der Waals surface area contributed by atoms with Gasteiger partial charge in [0.1, 0.15) is 0 Å². The minimum absolute atomic E-state index is 0.0506. The summed E-state index contributed by atoms with van der Waals surface area (Å²) in [5.41, 5.74) is 1.07. The second kappa shape index (κ2) is 3.42. The van der Waals surface area contributed by atoms with Crippen LogP contribution in [0.5, 0.6) is 0 Å². The summed E-state index contributed by atoms with van der Waals surface area (Å²) in [5, 5.41) is 0.0506. The van der Waals surface area contributed by atoms with E-state index < -0.39 is 0 Å². The Hall–Kier alpha value is -0.760. The lowest BCUT2D eigenvalue weighted by molar-refractivity contribution is 0.600. The molecule has 1 rings (SSSR count). The molecule has 1 radical (unpaired) electrons. The van der Waals surface area contributed by atoms with Crippen molar-refractivity contribution in [3.8, 4) is 0 Å². The molecule has 0 bridgehead atoms. The molecule has 0 aliphatic heterocycles. The molecule has 0 fully saturated rings. The lowest BCUT2D eigenvalue weighted by Gasteiger charge is -1.90. The van der Waals surface area contributed by atoms with Gasteiger partial charge in [0.2, 0.25) is 0 Å². The lowest BCUT2D eigenvalue weighted by Crippen LogP contribution is -1.88. The Balaban J connectivity index is 2.84.